The van der Waals surface area contributed by atoms with Crippen molar-refractivity contribution < 1.29 is 14.4 Å². The number of nitrogens with one attached hydrogen (secondary N) is 2. The molecule has 2 fully saturated rings. The van der Waals surface area contributed by atoms with Gasteiger partial charge in [0.25, 0.3) is 0 Å². The first-order chi connectivity index (χ1) is 9.11. The molecular weight excluding hydrogens is 284 g/mol. The third kappa shape index (κ3) is 3.83. The van der Waals surface area contributed by atoms with E-state index in [0.717, 1.165) is 25.7 Å². The number of amides is 3. The topological polar surface area (TPSA) is 105 Å². The van der Waals surface area contributed by atoms with E-state index in [1.54, 1.807) is 4.90 Å². The van der Waals surface area contributed by atoms with Crippen molar-refractivity contribution >= 4 is 30.1 Å². The fourth-order valence-corrected chi connectivity index (χ4v) is 2.80. The number of piperazine rings is 1. The molecule has 0 aromatic carbocycles. The van der Waals surface area contributed by atoms with Crippen molar-refractivity contribution in [1.29, 1.82) is 0 Å². The number of carbonyl (C=O) groups is 3. The van der Waals surface area contributed by atoms with Gasteiger partial charge in [-0.1, -0.05) is 12.8 Å². The minimum atomic E-state index is -0.366. The zero-order valence-electron chi connectivity index (χ0n) is 11.3. The first-order valence-corrected chi connectivity index (χ1v) is 6.67. The van der Waals surface area contributed by atoms with E-state index >= 15 is 0 Å². The molecular formula is C12H21ClN4O3. The lowest BCUT2D eigenvalue weighted by molar-refractivity contribution is -0.144. The maximum Gasteiger partial charge on any atom is 0.242 e. The molecule has 20 heavy (non-hydrogen) atoms. The zero-order chi connectivity index (χ0) is 13.8. The van der Waals surface area contributed by atoms with Gasteiger partial charge in [0, 0.05) is 6.04 Å². The Balaban J connectivity index is 0.00000200. The van der Waals surface area contributed by atoms with E-state index in [2.05, 4.69) is 10.6 Å². The van der Waals surface area contributed by atoms with Crippen LogP contribution in [-0.4, -0.2) is 54.3 Å². The number of carbonyl (C=O) groups excluding carboxylic acids is 3. The molecule has 4 N–H and O–H groups in total. The summed E-state index contributed by atoms with van der Waals surface area (Å²) in [5.74, 6) is -0.704. The normalized spacial score (nSPS) is 25.1. The summed E-state index contributed by atoms with van der Waals surface area (Å²) >= 11 is 0. The SMILES string of the molecule is Cl.NCC(=O)NCC(=O)N1CC(=O)NC2CCCCC21. The number of rotatable bonds is 3. The Bertz CT molecular complexity index is 391. The Kier molecular flexibility index (Phi) is 6.22. The molecule has 0 aromatic rings. The summed E-state index contributed by atoms with van der Waals surface area (Å²) in [5.41, 5.74) is 5.16. The predicted molar refractivity (Wildman–Crippen MR) is 75.2 cm³/mol. The highest BCUT2D eigenvalue weighted by Gasteiger charge is 2.38. The summed E-state index contributed by atoms with van der Waals surface area (Å²) in [6.45, 7) is -0.148. The van der Waals surface area contributed by atoms with Gasteiger partial charge < -0.3 is 21.3 Å². The molecule has 8 heteroatoms. The molecule has 1 saturated heterocycles. The molecule has 114 valence electrons. The Labute approximate surface area is 124 Å². The molecule has 1 aliphatic carbocycles. The molecule has 2 rings (SSSR count). The average molecular weight is 305 g/mol. The quantitative estimate of drug-likeness (QED) is 0.606. The summed E-state index contributed by atoms with van der Waals surface area (Å²) in [6, 6.07) is 0.123. The van der Waals surface area contributed by atoms with Crippen LogP contribution >= 0.6 is 12.4 Å². The van der Waals surface area contributed by atoms with E-state index in [9.17, 15) is 14.4 Å². The Morgan fingerprint density at radius 2 is 2.05 bits per heavy atom. The zero-order valence-corrected chi connectivity index (χ0v) is 12.1. The van der Waals surface area contributed by atoms with Gasteiger partial charge in [0.05, 0.1) is 25.7 Å². The van der Waals surface area contributed by atoms with E-state index in [1.165, 1.54) is 0 Å². The van der Waals surface area contributed by atoms with Crippen LogP contribution in [0.3, 0.4) is 0 Å². The highest BCUT2D eigenvalue weighted by atomic mass is 35.5. The minimum Gasteiger partial charge on any atom is -0.350 e. The van der Waals surface area contributed by atoms with Gasteiger partial charge in [-0.25, -0.2) is 0 Å². The number of nitrogens with zero attached hydrogens (tertiary/aromatic N) is 1. The van der Waals surface area contributed by atoms with E-state index in [4.69, 9.17) is 5.73 Å². The Morgan fingerprint density at radius 3 is 2.75 bits per heavy atom. The number of halogens is 1. The molecule has 1 heterocycles. The summed E-state index contributed by atoms with van der Waals surface area (Å²) in [7, 11) is 0. The Morgan fingerprint density at radius 1 is 1.35 bits per heavy atom. The van der Waals surface area contributed by atoms with Crippen molar-refractivity contribution in [2.45, 2.75) is 37.8 Å². The first kappa shape index (κ1) is 16.7. The highest BCUT2D eigenvalue weighted by Crippen LogP contribution is 2.25. The fourth-order valence-electron chi connectivity index (χ4n) is 2.80. The molecule has 2 atom stereocenters. The third-order valence-electron chi connectivity index (χ3n) is 3.73. The highest BCUT2D eigenvalue weighted by molar-refractivity contribution is 5.90. The van der Waals surface area contributed by atoms with Crippen molar-refractivity contribution in [2.75, 3.05) is 19.6 Å². The van der Waals surface area contributed by atoms with Crippen LogP contribution in [0.2, 0.25) is 0 Å². The summed E-state index contributed by atoms with van der Waals surface area (Å²) in [6.07, 6.45) is 3.96. The molecule has 2 aliphatic rings. The second-order valence-corrected chi connectivity index (χ2v) is 5.03. The van der Waals surface area contributed by atoms with Gasteiger partial charge in [0.15, 0.2) is 0 Å². The van der Waals surface area contributed by atoms with Crippen LogP contribution < -0.4 is 16.4 Å². The predicted octanol–water partition coefficient (Wildman–Crippen LogP) is -1.25. The summed E-state index contributed by atoms with van der Waals surface area (Å²) in [5, 5.41) is 5.39. The van der Waals surface area contributed by atoms with Crippen LogP contribution in [-0.2, 0) is 14.4 Å². The number of hydrogen-bond acceptors (Lipinski definition) is 4. The molecule has 0 spiro atoms. The van der Waals surface area contributed by atoms with Crippen molar-refractivity contribution in [3.05, 3.63) is 0 Å². The van der Waals surface area contributed by atoms with Crippen LogP contribution in [0.5, 0.6) is 0 Å². The smallest absolute Gasteiger partial charge is 0.242 e. The van der Waals surface area contributed by atoms with Crippen LogP contribution in [0, 0.1) is 0 Å². The lowest BCUT2D eigenvalue weighted by Crippen LogP contribution is -2.64. The minimum absolute atomic E-state index is 0. The monoisotopic (exact) mass is 304 g/mol. The largest absolute Gasteiger partial charge is 0.350 e. The molecule has 1 aliphatic heterocycles. The van der Waals surface area contributed by atoms with E-state index in [0.29, 0.717) is 0 Å². The fraction of sp³-hybridized carbons (Fsp3) is 0.750. The third-order valence-corrected chi connectivity index (χ3v) is 3.73. The number of fused-ring (bicyclic) bond motifs is 1. The van der Waals surface area contributed by atoms with Gasteiger partial charge >= 0.3 is 0 Å². The molecule has 0 bridgehead atoms. The molecule has 7 nitrogen and oxygen atoms in total. The van der Waals surface area contributed by atoms with E-state index in [-0.39, 0.29) is 61.8 Å². The van der Waals surface area contributed by atoms with Crippen LogP contribution in [0.4, 0.5) is 0 Å². The average Bonchev–Trinajstić information content (AvgIpc) is 2.43. The second-order valence-electron chi connectivity index (χ2n) is 5.03. The van der Waals surface area contributed by atoms with Gasteiger partial charge in [0.2, 0.25) is 17.7 Å². The van der Waals surface area contributed by atoms with E-state index in [1.807, 2.05) is 0 Å². The molecule has 0 aromatic heterocycles. The summed E-state index contributed by atoms with van der Waals surface area (Å²) < 4.78 is 0. The van der Waals surface area contributed by atoms with Crippen molar-refractivity contribution in [1.82, 2.24) is 15.5 Å². The Hall–Kier alpha value is -1.34. The lowest BCUT2D eigenvalue weighted by Gasteiger charge is -2.43. The maximum absolute atomic E-state index is 12.1. The number of hydrogen-bond donors (Lipinski definition) is 3. The van der Waals surface area contributed by atoms with Gasteiger partial charge in [-0.3, -0.25) is 14.4 Å². The standard InChI is InChI=1S/C12H20N4O3.ClH/c13-5-10(17)14-6-12(19)16-7-11(18)15-8-3-1-2-4-9(8)16;/h8-9H,1-7,13H2,(H,14,17)(H,15,18);1H. The molecule has 0 radical (unpaired) electrons. The van der Waals surface area contributed by atoms with Gasteiger partial charge in [-0.2, -0.15) is 0 Å². The maximum atomic E-state index is 12.1. The van der Waals surface area contributed by atoms with Gasteiger partial charge in [-0.05, 0) is 12.8 Å². The van der Waals surface area contributed by atoms with Gasteiger partial charge in [0.1, 0.15) is 0 Å². The van der Waals surface area contributed by atoms with Crippen LogP contribution in [0.1, 0.15) is 25.7 Å². The molecule has 3 amide bonds. The molecule has 1 saturated carbocycles. The lowest BCUT2D eigenvalue weighted by atomic mass is 9.87. The second kappa shape index (κ2) is 7.44. The number of nitrogens with two attached hydrogens (primary N) is 1. The van der Waals surface area contributed by atoms with Crippen molar-refractivity contribution in [3.8, 4) is 0 Å². The van der Waals surface area contributed by atoms with Gasteiger partial charge in [-0.15, -0.1) is 12.4 Å². The van der Waals surface area contributed by atoms with E-state index < -0.39 is 0 Å². The summed E-state index contributed by atoms with van der Waals surface area (Å²) in [4.78, 5) is 36.4. The van der Waals surface area contributed by atoms with Crippen molar-refractivity contribution in [3.63, 3.8) is 0 Å². The molecule has 2 unspecified atom stereocenters. The van der Waals surface area contributed by atoms with Crippen LogP contribution in [0.15, 0.2) is 0 Å². The van der Waals surface area contributed by atoms with Crippen LogP contribution in [0.25, 0.3) is 0 Å². The first-order valence-electron chi connectivity index (χ1n) is 6.67. The van der Waals surface area contributed by atoms with Crippen molar-refractivity contribution in [2.24, 2.45) is 5.73 Å².